The first-order chi connectivity index (χ1) is 11.1. The number of hydrogen-bond donors (Lipinski definition) is 1. The van der Waals surface area contributed by atoms with Crippen molar-refractivity contribution in [3.05, 3.63) is 29.3 Å². The maximum absolute atomic E-state index is 6.29. The summed E-state index contributed by atoms with van der Waals surface area (Å²) in [7, 11) is 0. The fraction of sp³-hybridized carbons (Fsp3) is 0.727. The molecule has 2 saturated carbocycles. The van der Waals surface area contributed by atoms with Gasteiger partial charge >= 0.3 is 0 Å². The number of benzene rings is 1. The smallest absolute Gasteiger partial charge is 0.0346 e. The Morgan fingerprint density at radius 3 is 1.87 bits per heavy atom. The van der Waals surface area contributed by atoms with Gasteiger partial charge in [0, 0.05) is 5.69 Å². The van der Waals surface area contributed by atoms with Crippen LogP contribution in [-0.4, -0.2) is 0 Å². The van der Waals surface area contributed by atoms with Gasteiger partial charge in [0.25, 0.3) is 0 Å². The van der Waals surface area contributed by atoms with E-state index in [0.29, 0.717) is 0 Å². The zero-order valence-electron chi connectivity index (χ0n) is 15.2. The van der Waals surface area contributed by atoms with Gasteiger partial charge in [-0.2, -0.15) is 0 Å². The number of anilines is 1. The first-order valence-corrected chi connectivity index (χ1v) is 9.97. The molecule has 0 aliphatic heterocycles. The topological polar surface area (TPSA) is 26.0 Å². The lowest BCUT2D eigenvalue weighted by Crippen LogP contribution is -2.16. The highest BCUT2D eigenvalue weighted by atomic mass is 14.6. The Hall–Kier alpha value is -0.980. The summed E-state index contributed by atoms with van der Waals surface area (Å²) in [5, 5.41) is 0. The molecule has 2 fully saturated rings. The fourth-order valence-electron chi connectivity index (χ4n) is 4.67. The Balaban J connectivity index is 1.60. The zero-order chi connectivity index (χ0) is 16.2. The summed E-state index contributed by atoms with van der Waals surface area (Å²) in [5.74, 6) is 3.64. The Bertz CT molecular complexity index is 491. The van der Waals surface area contributed by atoms with Crippen LogP contribution in [0.15, 0.2) is 18.2 Å². The first kappa shape index (κ1) is 16.9. The molecule has 2 aliphatic carbocycles. The normalized spacial score (nSPS) is 31.9. The predicted molar refractivity (Wildman–Crippen MR) is 101 cm³/mol. The van der Waals surface area contributed by atoms with Gasteiger partial charge < -0.3 is 5.73 Å². The van der Waals surface area contributed by atoms with E-state index >= 15 is 0 Å². The second kappa shape index (κ2) is 7.73. The number of rotatable bonds is 4. The molecule has 0 unspecified atom stereocenters. The molecule has 0 heterocycles. The maximum Gasteiger partial charge on any atom is 0.0346 e. The quantitative estimate of drug-likeness (QED) is 0.677. The Morgan fingerprint density at radius 1 is 0.783 bits per heavy atom. The van der Waals surface area contributed by atoms with E-state index in [2.05, 4.69) is 32.0 Å². The van der Waals surface area contributed by atoms with E-state index < -0.39 is 0 Å². The molecule has 0 spiro atoms. The summed E-state index contributed by atoms with van der Waals surface area (Å²) in [6.07, 6.45) is 13.8. The summed E-state index contributed by atoms with van der Waals surface area (Å²) >= 11 is 0. The van der Waals surface area contributed by atoms with Crippen LogP contribution in [0.1, 0.15) is 76.3 Å². The van der Waals surface area contributed by atoms with Gasteiger partial charge in [-0.3, -0.25) is 0 Å². The van der Waals surface area contributed by atoms with Crippen LogP contribution < -0.4 is 5.73 Å². The van der Waals surface area contributed by atoms with Crippen LogP contribution >= 0.6 is 0 Å². The van der Waals surface area contributed by atoms with Crippen LogP contribution in [-0.2, 0) is 12.8 Å². The molecule has 23 heavy (non-hydrogen) atoms. The minimum Gasteiger partial charge on any atom is -0.399 e. The molecule has 0 amide bonds. The van der Waals surface area contributed by atoms with Crippen LogP contribution in [0.2, 0.25) is 0 Å². The van der Waals surface area contributed by atoms with Crippen LogP contribution in [0.3, 0.4) is 0 Å². The van der Waals surface area contributed by atoms with Crippen molar-refractivity contribution in [2.75, 3.05) is 5.73 Å². The van der Waals surface area contributed by atoms with E-state index in [4.69, 9.17) is 5.73 Å². The third-order valence-electron chi connectivity index (χ3n) is 6.51. The summed E-state index contributed by atoms with van der Waals surface area (Å²) in [4.78, 5) is 0. The van der Waals surface area contributed by atoms with Crippen molar-refractivity contribution in [3.8, 4) is 0 Å². The maximum atomic E-state index is 6.29. The van der Waals surface area contributed by atoms with Crippen LogP contribution in [0.25, 0.3) is 0 Å². The standard InChI is InChI=1S/C22H35N/c1-16-3-7-18(8-4-16)13-20-11-12-22(23)21(15-20)14-19-9-5-17(2)6-10-19/h11-12,15-19H,3-10,13-14,23H2,1-2H3/t16?,17-,18?,19+. The van der Waals surface area contributed by atoms with Crippen molar-refractivity contribution in [2.45, 2.75) is 78.1 Å². The van der Waals surface area contributed by atoms with Crippen molar-refractivity contribution in [1.29, 1.82) is 0 Å². The SMILES string of the molecule is CC1CCC(Cc2ccc(N)c(C[C@H]3CC[C@@H](C)CC3)c2)CC1. The average molecular weight is 314 g/mol. The number of hydrogen-bond acceptors (Lipinski definition) is 1. The van der Waals surface area contributed by atoms with Crippen molar-refractivity contribution in [3.63, 3.8) is 0 Å². The van der Waals surface area contributed by atoms with Crippen molar-refractivity contribution in [2.24, 2.45) is 23.7 Å². The second-order valence-corrected chi connectivity index (χ2v) is 8.69. The molecule has 1 aromatic carbocycles. The summed E-state index contributed by atoms with van der Waals surface area (Å²) < 4.78 is 0. The Kier molecular flexibility index (Phi) is 5.67. The first-order valence-electron chi connectivity index (χ1n) is 9.97. The third kappa shape index (κ3) is 4.75. The number of nitrogen functional groups attached to an aromatic ring is 1. The second-order valence-electron chi connectivity index (χ2n) is 8.69. The molecule has 0 aromatic heterocycles. The van der Waals surface area contributed by atoms with Crippen molar-refractivity contribution in [1.82, 2.24) is 0 Å². The van der Waals surface area contributed by atoms with Crippen LogP contribution in [0.4, 0.5) is 5.69 Å². The molecule has 128 valence electrons. The van der Waals surface area contributed by atoms with Gasteiger partial charge in [0.05, 0.1) is 0 Å². The molecule has 2 aliphatic rings. The van der Waals surface area contributed by atoms with E-state index in [-0.39, 0.29) is 0 Å². The van der Waals surface area contributed by atoms with Crippen LogP contribution in [0.5, 0.6) is 0 Å². The minimum absolute atomic E-state index is 0.860. The van der Waals surface area contributed by atoms with Gasteiger partial charge in [-0.25, -0.2) is 0 Å². The van der Waals surface area contributed by atoms with Gasteiger partial charge in [-0.05, 0) is 79.4 Å². The lowest BCUT2D eigenvalue weighted by atomic mass is 9.78. The molecule has 0 bridgehead atoms. The molecule has 3 rings (SSSR count). The fourth-order valence-corrected chi connectivity index (χ4v) is 4.67. The molecule has 1 heteroatoms. The molecule has 1 aromatic rings. The highest BCUT2D eigenvalue weighted by molar-refractivity contribution is 5.49. The minimum atomic E-state index is 0.860. The molecule has 0 saturated heterocycles. The van der Waals surface area contributed by atoms with E-state index in [9.17, 15) is 0 Å². The third-order valence-corrected chi connectivity index (χ3v) is 6.51. The largest absolute Gasteiger partial charge is 0.399 e. The van der Waals surface area contributed by atoms with Gasteiger partial charge in [-0.1, -0.05) is 51.7 Å². The number of nitrogens with two attached hydrogens (primary N) is 1. The molecule has 2 N–H and O–H groups in total. The lowest BCUT2D eigenvalue weighted by molar-refractivity contribution is 0.287. The van der Waals surface area contributed by atoms with Crippen molar-refractivity contribution < 1.29 is 0 Å². The van der Waals surface area contributed by atoms with Crippen molar-refractivity contribution >= 4 is 5.69 Å². The Morgan fingerprint density at radius 2 is 1.30 bits per heavy atom. The molecular weight excluding hydrogens is 278 g/mol. The predicted octanol–water partition coefficient (Wildman–Crippen LogP) is 6.01. The van der Waals surface area contributed by atoms with Gasteiger partial charge in [0.2, 0.25) is 0 Å². The zero-order valence-corrected chi connectivity index (χ0v) is 15.2. The summed E-state index contributed by atoms with van der Waals surface area (Å²) in [6.45, 7) is 4.80. The molecule has 0 atom stereocenters. The highest BCUT2D eigenvalue weighted by Gasteiger charge is 2.21. The highest BCUT2D eigenvalue weighted by Crippen LogP contribution is 2.34. The van der Waals surface area contributed by atoms with Gasteiger partial charge in [0.15, 0.2) is 0 Å². The van der Waals surface area contributed by atoms with E-state index in [0.717, 1.165) is 29.4 Å². The molecular formula is C22H35N. The van der Waals surface area contributed by atoms with Gasteiger partial charge in [0.1, 0.15) is 0 Å². The van der Waals surface area contributed by atoms with E-state index in [1.807, 2.05) is 0 Å². The summed E-state index contributed by atoms with van der Waals surface area (Å²) in [6, 6.07) is 6.88. The molecule has 0 radical (unpaired) electrons. The Labute approximate surface area is 143 Å². The summed E-state index contributed by atoms with van der Waals surface area (Å²) in [5.41, 5.74) is 10.3. The van der Waals surface area contributed by atoms with Gasteiger partial charge in [-0.15, -0.1) is 0 Å². The van der Waals surface area contributed by atoms with E-state index in [1.54, 1.807) is 0 Å². The monoisotopic (exact) mass is 313 g/mol. The lowest BCUT2D eigenvalue weighted by Gasteiger charge is -2.27. The average Bonchev–Trinajstić information content (AvgIpc) is 2.55. The van der Waals surface area contributed by atoms with E-state index in [1.165, 1.54) is 75.3 Å². The van der Waals surface area contributed by atoms with Crippen LogP contribution in [0, 0.1) is 23.7 Å². The molecule has 1 nitrogen and oxygen atoms in total.